The lowest BCUT2D eigenvalue weighted by Gasteiger charge is -2.32. The summed E-state index contributed by atoms with van der Waals surface area (Å²) < 4.78 is 5.32. The van der Waals surface area contributed by atoms with Crippen LogP contribution in [0.15, 0.2) is 54.6 Å². The molecule has 1 N–H and O–H groups in total. The normalized spacial score (nSPS) is 14.8. The largest absolute Gasteiger partial charge is 0.496 e. The van der Waals surface area contributed by atoms with E-state index in [1.54, 1.807) is 25.3 Å². The summed E-state index contributed by atoms with van der Waals surface area (Å²) in [5.74, 6) is 0.691. The van der Waals surface area contributed by atoms with Gasteiger partial charge in [-0.1, -0.05) is 41.9 Å². The SMILES string of the molecule is COc1ccccc1CC(=O)N1CCC(NC(=O)/C=C/c2ccc(Cl)cc2)CC1. The number of rotatable bonds is 6. The van der Waals surface area contributed by atoms with E-state index in [-0.39, 0.29) is 17.9 Å². The van der Waals surface area contributed by atoms with Crippen LogP contribution in [0.2, 0.25) is 5.02 Å². The van der Waals surface area contributed by atoms with Crippen molar-refractivity contribution in [2.75, 3.05) is 20.2 Å². The number of carbonyl (C=O) groups excluding carboxylic acids is 2. The number of likely N-dealkylation sites (tertiary alicyclic amines) is 1. The van der Waals surface area contributed by atoms with Crippen LogP contribution in [0.1, 0.15) is 24.0 Å². The first-order valence-corrected chi connectivity index (χ1v) is 10.1. The topological polar surface area (TPSA) is 58.6 Å². The van der Waals surface area contributed by atoms with Gasteiger partial charge in [0.05, 0.1) is 13.5 Å². The van der Waals surface area contributed by atoms with Gasteiger partial charge in [0.2, 0.25) is 11.8 Å². The molecule has 3 rings (SSSR count). The molecule has 29 heavy (non-hydrogen) atoms. The van der Waals surface area contributed by atoms with Crippen LogP contribution < -0.4 is 10.1 Å². The number of halogens is 1. The second-order valence-corrected chi connectivity index (χ2v) is 7.47. The fraction of sp³-hybridized carbons (Fsp3) is 0.304. The summed E-state index contributed by atoms with van der Waals surface area (Å²) >= 11 is 5.86. The molecule has 2 aromatic carbocycles. The van der Waals surface area contributed by atoms with Gasteiger partial charge in [-0.15, -0.1) is 0 Å². The molecule has 1 aliphatic heterocycles. The first-order chi connectivity index (χ1) is 14.0. The van der Waals surface area contributed by atoms with E-state index < -0.39 is 0 Å². The van der Waals surface area contributed by atoms with Crippen LogP contribution >= 0.6 is 11.6 Å². The molecule has 0 aromatic heterocycles. The van der Waals surface area contributed by atoms with Crippen molar-refractivity contribution in [1.29, 1.82) is 0 Å². The molecule has 5 nitrogen and oxygen atoms in total. The molecule has 0 spiro atoms. The lowest BCUT2D eigenvalue weighted by Crippen LogP contribution is -2.46. The Bertz CT molecular complexity index is 872. The minimum Gasteiger partial charge on any atom is -0.496 e. The maximum Gasteiger partial charge on any atom is 0.244 e. The van der Waals surface area contributed by atoms with Gasteiger partial charge in [-0.3, -0.25) is 9.59 Å². The van der Waals surface area contributed by atoms with Crippen molar-refractivity contribution in [1.82, 2.24) is 10.2 Å². The highest BCUT2D eigenvalue weighted by molar-refractivity contribution is 6.30. The molecule has 0 aliphatic carbocycles. The summed E-state index contributed by atoms with van der Waals surface area (Å²) in [7, 11) is 1.61. The van der Waals surface area contributed by atoms with E-state index in [0.29, 0.717) is 24.5 Å². The molecular weight excluding hydrogens is 388 g/mol. The minimum atomic E-state index is -0.126. The van der Waals surface area contributed by atoms with E-state index >= 15 is 0 Å². The van der Waals surface area contributed by atoms with E-state index in [1.807, 2.05) is 41.3 Å². The van der Waals surface area contributed by atoms with Gasteiger partial charge >= 0.3 is 0 Å². The average molecular weight is 413 g/mol. The highest BCUT2D eigenvalue weighted by Crippen LogP contribution is 2.20. The van der Waals surface area contributed by atoms with Crippen molar-refractivity contribution >= 4 is 29.5 Å². The molecule has 0 atom stereocenters. The second kappa shape index (κ2) is 10.1. The highest BCUT2D eigenvalue weighted by atomic mass is 35.5. The van der Waals surface area contributed by atoms with Gasteiger partial charge in [-0.25, -0.2) is 0 Å². The van der Waals surface area contributed by atoms with Crippen LogP contribution in [-0.4, -0.2) is 43.0 Å². The quantitative estimate of drug-likeness (QED) is 0.736. The number of piperidine rings is 1. The lowest BCUT2D eigenvalue weighted by molar-refractivity contribution is -0.131. The number of nitrogens with zero attached hydrogens (tertiary/aromatic N) is 1. The molecule has 1 fully saturated rings. The third-order valence-electron chi connectivity index (χ3n) is 5.03. The summed E-state index contributed by atoms with van der Waals surface area (Å²) in [6.45, 7) is 1.28. The van der Waals surface area contributed by atoms with Gasteiger partial charge in [-0.2, -0.15) is 0 Å². The van der Waals surface area contributed by atoms with E-state index in [9.17, 15) is 9.59 Å². The molecule has 0 saturated carbocycles. The zero-order chi connectivity index (χ0) is 20.6. The van der Waals surface area contributed by atoms with Gasteiger partial charge in [0.1, 0.15) is 5.75 Å². The smallest absolute Gasteiger partial charge is 0.244 e. The van der Waals surface area contributed by atoms with Gasteiger partial charge in [0.25, 0.3) is 0 Å². The van der Waals surface area contributed by atoms with Gasteiger partial charge < -0.3 is 15.0 Å². The van der Waals surface area contributed by atoms with Crippen molar-refractivity contribution in [3.8, 4) is 5.75 Å². The monoisotopic (exact) mass is 412 g/mol. The highest BCUT2D eigenvalue weighted by Gasteiger charge is 2.24. The van der Waals surface area contributed by atoms with Gasteiger partial charge in [-0.05, 0) is 42.7 Å². The number of hydrogen-bond acceptors (Lipinski definition) is 3. The van der Waals surface area contributed by atoms with Crippen LogP contribution in [0.25, 0.3) is 6.08 Å². The molecule has 6 heteroatoms. The molecule has 152 valence electrons. The van der Waals surface area contributed by atoms with Crippen molar-refractivity contribution in [3.05, 3.63) is 70.8 Å². The first kappa shape index (κ1) is 20.9. The zero-order valence-electron chi connectivity index (χ0n) is 16.4. The third-order valence-corrected chi connectivity index (χ3v) is 5.28. The Labute approximate surface area is 176 Å². The molecule has 2 aromatic rings. The number of benzene rings is 2. The van der Waals surface area contributed by atoms with E-state index in [1.165, 1.54) is 6.08 Å². The molecule has 0 unspecified atom stereocenters. The Hall–Kier alpha value is -2.79. The number of para-hydroxylation sites is 1. The average Bonchev–Trinajstić information content (AvgIpc) is 2.74. The van der Waals surface area contributed by atoms with Crippen molar-refractivity contribution in [2.45, 2.75) is 25.3 Å². The first-order valence-electron chi connectivity index (χ1n) is 9.69. The fourth-order valence-corrected chi connectivity index (χ4v) is 3.52. The number of amides is 2. The Morgan fingerprint density at radius 2 is 1.83 bits per heavy atom. The Morgan fingerprint density at radius 1 is 1.14 bits per heavy atom. The Kier molecular flexibility index (Phi) is 7.30. The summed E-state index contributed by atoms with van der Waals surface area (Å²) in [6, 6.07) is 14.9. The maximum atomic E-state index is 12.6. The number of carbonyl (C=O) groups is 2. The Balaban J connectivity index is 1.45. The van der Waals surface area contributed by atoms with Gasteiger partial charge in [0.15, 0.2) is 0 Å². The summed E-state index contributed by atoms with van der Waals surface area (Å²) in [5.41, 5.74) is 1.81. The van der Waals surface area contributed by atoms with E-state index in [2.05, 4.69) is 5.32 Å². The number of methoxy groups -OCH3 is 1. The lowest BCUT2D eigenvalue weighted by atomic mass is 10.0. The summed E-state index contributed by atoms with van der Waals surface area (Å²) in [6.07, 6.45) is 5.11. The molecular formula is C23H25ClN2O3. The van der Waals surface area contributed by atoms with Crippen molar-refractivity contribution in [2.24, 2.45) is 0 Å². The van der Waals surface area contributed by atoms with Crippen LogP contribution in [0.4, 0.5) is 0 Å². The number of ether oxygens (including phenoxy) is 1. The van der Waals surface area contributed by atoms with E-state index in [0.717, 1.165) is 29.7 Å². The molecule has 0 bridgehead atoms. The number of nitrogens with one attached hydrogen (secondary N) is 1. The van der Waals surface area contributed by atoms with Crippen LogP contribution in [0.3, 0.4) is 0 Å². The molecule has 1 aliphatic rings. The van der Waals surface area contributed by atoms with E-state index in [4.69, 9.17) is 16.3 Å². The molecule has 1 heterocycles. The number of hydrogen-bond donors (Lipinski definition) is 1. The Morgan fingerprint density at radius 3 is 2.52 bits per heavy atom. The predicted octanol–water partition coefficient (Wildman–Crippen LogP) is 3.71. The standard InChI is InChI=1S/C23H25ClN2O3/c1-29-21-5-3-2-4-18(21)16-23(28)26-14-12-20(13-15-26)25-22(27)11-8-17-6-9-19(24)10-7-17/h2-11,20H,12-16H2,1H3,(H,25,27)/b11-8+. The van der Waals surface area contributed by atoms with Gasteiger partial charge in [0, 0.05) is 35.8 Å². The minimum absolute atomic E-state index is 0.0766. The van der Waals surface area contributed by atoms with Crippen LogP contribution in [0.5, 0.6) is 5.75 Å². The molecule has 0 radical (unpaired) electrons. The predicted molar refractivity (Wildman–Crippen MR) is 115 cm³/mol. The van der Waals surface area contributed by atoms with Crippen LogP contribution in [0, 0.1) is 0 Å². The van der Waals surface area contributed by atoms with Crippen molar-refractivity contribution < 1.29 is 14.3 Å². The third kappa shape index (κ3) is 6.09. The summed E-state index contributed by atoms with van der Waals surface area (Å²) in [4.78, 5) is 26.6. The van der Waals surface area contributed by atoms with Crippen LogP contribution in [-0.2, 0) is 16.0 Å². The van der Waals surface area contributed by atoms with Crippen molar-refractivity contribution in [3.63, 3.8) is 0 Å². The zero-order valence-corrected chi connectivity index (χ0v) is 17.2. The fourth-order valence-electron chi connectivity index (χ4n) is 3.39. The summed E-state index contributed by atoms with van der Waals surface area (Å²) in [5, 5.41) is 3.68. The molecule has 2 amide bonds. The molecule has 1 saturated heterocycles. The maximum absolute atomic E-state index is 12.6. The second-order valence-electron chi connectivity index (χ2n) is 7.04.